The van der Waals surface area contributed by atoms with E-state index in [1.165, 1.54) is 0 Å². The van der Waals surface area contributed by atoms with Crippen molar-refractivity contribution >= 4 is 5.91 Å². The SMILES string of the molecule is O=C(CCc1cccnc1)N1CCC(F)CC1. The number of piperidine rings is 1. The minimum atomic E-state index is -0.725. The predicted octanol–water partition coefficient (Wildman–Crippen LogP) is 1.97. The molecule has 1 aliphatic rings. The maximum Gasteiger partial charge on any atom is 0.222 e. The van der Waals surface area contributed by atoms with Crippen LogP contribution in [-0.4, -0.2) is 35.1 Å². The zero-order valence-corrected chi connectivity index (χ0v) is 9.81. The minimum Gasteiger partial charge on any atom is -0.342 e. The van der Waals surface area contributed by atoms with E-state index in [1.54, 1.807) is 17.3 Å². The molecule has 0 saturated carbocycles. The van der Waals surface area contributed by atoms with E-state index in [1.807, 2.05) is 12.1 Å². The van der Waals surface area contributed by atoms with Crippen LogP contribution >= 0.6 is 0 Å². The fraction of sp³-hybridized carbons (Fsp3) is 0.538. The number of rotatable bonds is 3. The molecule has 4 heteroatoms. The Balaban J connectivity index is 1.78. The van der Waals surface area contributed by atoms with Crippen LogP contribution in [0.25, 0.3) is 0 Å². The number of alkyl halides is 1. The maximum atomic E-state index is 12.9. The van der Waals surface area contributed by atoms with Crippen molar-refractivity contribution in [3.05, 3.63) is 30.1 Å². The second kappa shape index (κ2) is 5.75. The van der Waals surface area contributed by atoms with Crippen LogP contribution in [0.5, 0.6) is 0 Å². The summed E-state index contributed by atoms with van der Waals surface area (Å²) in [7, 11) is 0. The molecule has 1 aromatic rings. The van der Waals surface area contributed by atoms with Gasteiger partial charge in [-0.25, -0.2) is 4.39 Å². The largest absolute Gasteiger partial charge is 0.342 e. The number of hydrogen-bond donors (Lipinski definition) is 0. The number of halogens is 1. The monoisotopic (exact) mass is 236 g/mol. The van der Waals surface area contributed by atoms with Gasteiger partial charge in [0.2, 0.25) is 5.91 Å². The highest BCUT2D eigenvalue weighted by molar-refractivity contribution is 5.76. The van der Waals surface area contributed by atoms with E-state index in [0.29, 0.717) is 38.8 Å². The van der Waals surface area contributed by atoms with E-state index in [2.05, 4.69) is 4.98 Å². The molecule has 17 heavy (non-hydrogen) atoms. The lowest BCUT2D eigenvalue weighted by atomic mass is 10.1. The zero-order chi connectivity index (χ0) is 12.1. The van der Waals surface area contributed by atoms with Crippen molar-refractivity contribution in [2.24, 2.45) is 0 Å². The number of amides is 1. The summed E-state index contributed by atoms with van der Waals surface area (Å²) < 4.78 is 12.9. The van der Waals surface area contributed by atoms with E-state index in [4.69, 9.17) is 0 Å². The van der Waals surface area contributed by atoms with Crippen molar-refractivity contribution in [2.45, 2.75) is 31.9 Å². The Hall–Kier alpha value is -1.45. The second-order valence-electron chi connectivity index (χ2n) is 4.42. The molecule has 0 bridgehead atoms. The molecule has 0 atom stereocenters. The number of pyridine rings is 1. The summed E-state index contributed by atoms with van der Waals surface area (Å²) in [6, 6.07) is 3.84. The van der Waals surface area contributed by atoms with Crippen LogP contribution in [-0.2, 0) is 11.2 Å². The molecule has 0 radical (unpaired) electrons. The first-order valence-corrected chi connectivity index (χ1v) is 6.06. The lowest BCUT2D eigenvalue weighted by Gasteiger charge is -2.28. The van der Waals surface area contributed by atoms with Crippen molar-refractivity contribution in [2.75, 3.05) is 13.1 Å². The van der Waals surface area contributed by atoms with Crippen LogP contribution in [0.1, 0.15) is 24.8 Å². The number of nitrogens with zero attached hydrogens (tertiary/aromatic N) is 2. The van der Waals surface area contributed by atoms with Gasteiger partial charge in [-0.2, -0.15) is 0 Å². The molecule has 0 N–H and O–H groups in total. The third kappa shape index (κ3) is 3.51. The summed E-state index contributed by atoms with van der Waals surface area (Å²) >= 11 is 0. The molecule has 0 aliphatic carbocycles. The van der Waals surface area contributed by atoms with Gasteiger partial charge in [-0.05, 0) is 30.9 Å². The van der Waals surface area contributed by atoms with Gasteiger partial charge in [0.15, 0.2) is 0 Å². The summed E-state index contributed by atoms with van der Waals surface area (Å²) in [5.74, 6) is 0.126. The molecular formula is C13H17FN2O. The van der Waals surface area contributed by atoms with Gasteiger partial charge in [0, 0.05) is 31.9 Å². The van der Waals surface area contributed by atoms with Gasteiger partial charge in [0.05, 0.1) is 0 Å². The Labute approximate surface area is 101 Å². The smallest absolute Gasteiger partial charge is 0.222 e. The van der Waals surface area contributed by atoms with Gasteiger partial charge >= 0.3 is 0 Å². The van der Waals surface area contributed by atoms with Gasteiger partial charge in [0.25, 0.3) is 0 Å². The molecule has 2 heterocycles. The summed E-state index contributed by atoms with van der Waals surface area (Å²) in [6.07, 6.45) is 4.94. The highest BCUT2D eigenvalue weighted by Gasteiger charge is 2.21. The molecule has 92 valence electrons. The van der Waals surface area contributed by atoms with Crippen LogP contribution in [0, 0.1) is 0 Å². The van der Waals surface area contributed by atoms with Gasteiger partial charge in [0.1, 0.15) is 6.17 Å². The average molecular weight is 236 g/mol. The molecule has 0 spiro atoms. The Morgan fingerprint density at radius 1 is 1.47 bits per heavy atom. The van der Waals surface area contributed by atoms with Crippen LogP contribution < -0.4 is 0 Å². The third-order valence-corrected chi connectivity index (χ3v) is 3.13. The van der Waals surface area contributed by atoms with Crippen molar-refractivity contribution in [1.82, 2.24) is 9.88 Å². The predicted molar refractivity (Wildman–Crippen MR) is 63.3 cm³/mol. The van der Waals surface area contributed by atoms with E-state index < -0.39 is 6.17 Å². The molecule has 1 aliphatic heterocycles. The van der Waals surface area contributed by atoms with Gasteiger partial charge < -0.3 is 4.90 Å². The first-order valence-electron chi connectivity index (χ1n) is 6.06. The Kier molecular flexibility index (Phi) is 4.07. The summed E-state index contributed by atoms with van der Waals surface area (Å²) in [5.41, 5.74) is 1.07. The topological polar surface area (TPSA) is 33.2 Å². The summed E-state index contributed by atoms with van der Waals surface area (Å²) in [5, 5.41) is 0. The van der Waals surface area contributed by atoms with Crippen LogP contribution in [0.3, 0.4) is 0 Å². The van der Waals surface area contributed by atoms with Gasteiger partial charge in [-0.15, -0.1) is 0 Å². The minimum absolute atomic E-state index is 0.126. The van der Waals surface area contributed by atoms with Gasteiger partial charge in [-0.1, -0.05) is 6.07 Å². The Morgan fingerprint density at radius 3 is 2.88 bits per heavy atom. The highest BCUT2D eigenvalue weighted by atomic mass is 19.1. The number of aryl methyl sites for hydroxylation is 1. The van der Waals surface area contributed by atoms with Crippen molar-refractivity contribution in [3.8, 4) is 0 Å². The molecule has 0 aromatic carbocycles. The standard InChI is InChI=1S/C13H17FN2O/c14-12-5-8-16(9-6-12)13(17)4-3-11-2-1-7-15-10-11/h1-2,7,10,12H,3-6,8-9H2. The lowest BCUT2D eigenvalue weighted by Crippen LogP contribution is -2.39. The average Bonchev–Trinajstić information content (AvgIpc) is 2.38. The van der Waals surface area contributed by atoms with Crippen LogP contribution in [0.15, 0.2) is 24.5 Å². The Bertz CT molecular complexity index is 361. The highest BCUT2D eigenvalue weighted by Crippen LogP contribution is 2.14. The zero-order valence-electron chi connectivity index (χ0n) is 9.81. The molecule has 1 amide bonds. The number of carbonyl (C=O) groups is 1. The molecule has 2 rings (SSSR count). The van der Waals surface area contributed by atoms with E-state index in [0.717, 1.165) is 5.56 Å². The first kappa shape index (κ1) is 12.0. The number of carbonyl (C=O) groups excluding carboxylic acids is 1. The quantitative estimate of drug-likeness (QED) is 0.804. The summed E-state index contributed by atoms with van der Waals surface area (Å²) in [6.45, 7) is 1.13. The van der Waals surface area contributed by atoms with Crippen LogP contribution in [0.2, 0.25) is 0 Å². The fourth-order valence-electron chi connectivity index (χ4n) is 2.05. The Morgan fingerprint density at radius 2 is 2.24 bits per heavy atom. The molecule has 0 unspecified atom stereocenters. The van der Waals surface area contributed by atoms with E-state index >= 15 is 0 Å². The molecule has 3 nitrogen and oxygen atoms in total. The lowest BCUT2D eigenvalue weighted by molar-refractivity contribution is -0.132. The van der Waals surface area contributed by atoms with Crippen molar-refractivity contribution in [3.63, 3.8) is 0 Å². The summed E-state index contributed by atoms with van der Waals surface area (Å²) in [4.78, 5) is 17.6. The second-order valence-corrected chi connectivity index (χ2v) is 4.42. The molecular weight excluding hydrogens is 219 g/mol. The van der Waals surface area contributed by atoms with Gasteiger partial charge in [-0.3, -0.25) is 9.78 Å². The van der Waals surface area contributed by atoms with Crippen LogP contribution in [0.4, 0.5) is 4.39 Å². The molecule has 1 fully saturated rings. The van der Waals surface area contributed by atoms with Crippen molar-refractivity contribution in [1.29, 1.82) is 0 Å². The number of likely N-dealkylation sites (tertiary alicyclic amines) is 1. The maximum absolute atomic E-state index is 12.9. The molecule has 1 aromatic heterocycles. The molecule has 1 saturated heterocycles. The number of hydrogen-bond acceptors (Lipinski definition) is 2. The van der Waals surface area contributed by atoms with E-state index in [9.17, 15) is 9.18 Å². The normalized spacial score (nSPS) is 17.1. The fourth-order valence-corrected chi connectivity index (χ4v) is 2.05. The van der Waals surface area contributed by atoms with E-state index in [-0.39, 0.29) is 5.91 Å². The third-order valence-electron chi connectivity index (χ3n) is 3.13. The first-order chi connectivity index (χ1) is 8.25. The number of aromatic nitrogens is 1. The van der Waals surface area contributed by atoms with Crippen molar-refractivity contribution < 1.29 is 9.18 Å².